The van der Waals surface area contributed by atoms with Crippen LogP contribution in [0.3, 0.4) is 0 Å². The summed E-state index contributed by atoms with van der Waals surface area (Å²) < 4.78 is 0. The molecular formula is C12H15NOS2. The van der Waals surface area contributed by atoms with Gasteiger partial charge in [-0.05, 0) is 42.5 Å². The highest BCUT2D eigenvalue weighted by Gasteiger charge is 2.09. The van der Waals surface area contributed by atoms with Crippen LogP contribution in [0.5, 0.6) is 0 Å². The quantitative estimate of drug-likeness (QED) is 0.860. The number of thiophene rings is 2. The lowest BCUT2D eigenvalue weighted by atomic mass is 10.1. The highest BCUT2D eigenvalue weighted by Crippen LogP contribution is 2.32. The SMILES string of the molecule is NCC(CO)Cc1ccc(-c2cccs2)s1. The molecular weight excluding hydrogens is 238 g/mol. The fourth-order valence-electron chi connectivity index (χ4n) is 1.55. The molecule has 4 heteroatoms. The van der Waals surface area contributed by atoms with Crippen LogP contribution in [0.15, 0.2) is 29.6 Å². The number of hydrogen-bond donors (Lipinski definition) is 2. The van der Waals surface area contributed by atoms with Gasteiger partial charge in [-0.3, -0.25) is 0 Å². The van der Waals surface area contributed by atoms with E-state index in [0.29, 0.717) is 6.54 Å². The van der Waals surface area contributed by atoms with Crippen molar-refractivity contribution in [3.05, 3.63) is 34.5 Å². The van der Waals surface area contributed by atoms with Gasteiger partial charge in [0, 0.05) is 21.2 Å². The Kier molecular flexibility index (Phi) is 4.12. The number of nitrogens with two attached hydrogens (primary N) is 1. The zero-order valence-corrected chi connectivity index (χ0v) is 10.6. The van der Waals surface area contributed by atoms with Crippen molar-refractivity contribution in [2.24, 2.45) is 11.7 Å². The first kappa shape index (κ1) is 11.8. The average molecular weight is 253 g/mol. The van der Waals surface area contributed by atoms with Crippen LogP contribution in [0.25, 0.3) is 9.75 Å². The Morgan fingerprint density at radius 1 is 1.25 bits per heavy atom. The van der Waals surface area contributed by atoms with E-state index in [0.717, 1.165) is 6.42 Å². The Hall–Kier alpha value is -0.680. The predicted octanol–water partition coefficient (Wildman–Crippen LogP) is 2.59. The third-order valence-electron chi connectivity index (χ3n) is 2.51. The van der Waals surface area contributed by atoms with Gasteiger partial charge in [0.05, 0.1) is 0 Å². The molecule has 0 aliphatic heterocycles. The highest BCUT2D eigenvalue weighted by atomic mass is 32.1. The van der Waals surface area contributed by atoms with E-state index in [2.05, 4.69) is 29.6 Å². The second-order valence-electron chi connectivity index (χ2n) is 3.73. The van der Waals surface area contributed by atoms with Gasteiger partial charge < -0.3 is 10.8 Å². The molecule has 2 rings (SSSR count). The summed E-state index contributed by atoms with van der Waals surface area (Å²) in [5.74, 6) is 0.190. The molecule has 0 saturated carbocycles. The van der Waals surface area contributed by atoms with E-state index in [4.69, 9.17) is 10.8 Å². The molecule has 2 aromatic heterocycles. The fourth-order valence-corrected chi connectivity index (χ4v) is 3.50. The van der Waals surface area contributed by atoms with Crippen molar-refractivity contribution in [1.29, 1.82) is 0 Å². The predicted molar refractivity (Wildman–Crippen MR) is 71.0 cm³/mol. The van der Waals surface area contributed by atoms with Gasteiger partial charge in [0.1, 0.15) is 0 Å². The highest BCUT2D eigenvalue weighted by molar-refractivity contribution is 7.21. The van der Waals surface area contributed by atoms with Crippen LogP contribution in [0.1, 0.15) is 4.88 Å². The summed E-state index contributed by atoms with van der Waals surface area (Å²) in [5.41, 5.74) is 5.58. The molecule has 1 atom stereocenters. The zero-order chi connectivity index (χ0) is 11.4. The van der Waals surface area contributed by atoms with Crippen LogP contribution in [-0.2, 0) is 6.42 Å². The van der Waals surface area contributed by atoms with E-state index >= 15 is 0 Å². The number of hydrogen-bond acceptors (Lipinski definition) is 4. The normalized spacial score (nSPS) is 12.9. The van der Waals surface area contributed by atoms with Crippen LogP contribution in [0.4, 0.5) is 0 Å². The molecule has 0 amide bonds. The van der Waals surface area contributed by atoms with Crippen LogP contribution >= 0.6 is 22.7 Å². The topological polar surface area (TPSA) is 46.2 Å². The van der Waals surface area contributed by atoms with E-state index < -0.39 is 0 Å². The van der Waals surface area contributed by atoms with Gasteiger partial charge in [-0.1, -0.05) is 6.07 Å². The average Bonchev–Trinajstić information content (AvgIpc) is 2.96. The minimum Gasteiger partial charge on any atom is -0.396 e. The van der Waals surface area contributed by atoms with Gasteiger partial charge >= 0.3 is 0 Å². The molecule has 1 unspecified atom stereocenters. The Labute approximate surface area is 103 Å². The fraction of sp³-hybridized carbons (Fsp3) is 0.333. The van der Waals surface area contributed by atoms with E-state index in [1.165, 1.54) is 14.6 Å². The maximum atomic E-state index is 9.10. The Bertz CT molecular complexity index is 418. The molecule has 0 aliphatic carbocycles. The minimum absolute atomic E-state index is 0.169. The molecule has 0 aromatic carbocycles. The first-order valence-corrected chi connectivity index (χ1v) is 6.96. The molecule has 16 heavy (non-hydrogen) atoms. The maximum absolute atomic E-state index is 9.10. The lowest BCUT2D eigenvalue weighted by molar-refractivity contribution is 0.230. The van der Waals surface area contributed by atoms with Gasteiger partial charge in [0.2, 0.25) is 0 Å². The molecule has 0 spiro atoms. The number of aliphatic hydroxyl groups is 1. The standard InChI is InChI=1S/C12H15NOS2/c13-7-9(8-14)6-10-3-4-12(16-10)11-2-1-5-15-11/h1-5,9,14H,6-8,13H2. The van der Waals surface area contributed by atoms with Crippen molar-refractivity contribution < 1.29 is 5.11 Å². The summed E-state index contributed by atoms with van der Waals surface area (Å²) in [6, 6.07) is 8.48. The number of rotatable bonds is 5. The summed E-state index contributed by atoms with van der Waals surface area (Å²) in [6.07, 6.45) is 0.878. The molecule has 0 saturated heterocycles. The molecule has 2 nitrogen and oxygen atoms in total. The molecule has 0 fully saturated rings. The lowest BCUT2D eigenvalue weighted by Crippen LogP contribution is -2.19. The molecule has 0 aliphatic rings. The van der Waals surface area contributed by atoms with Gasteiger partial charge in [0.15, 0.2) is 0 Å². The van der Waals surface area contributed by atoms with Crippen LogP contribution in [0.2, 0.25) is 0 Å². The first-order chi connectivity index (χ1) is 7.83. The van der Waals surface area contributed by atoms with Gasteiger partial charge in [0.25, 0.3) is 0 Å². The van der Waals surface area contributed by atoms with Crippen molar-refractivity contribution in [3.63, 3.8) is 0 Å². The molecule has 0 bridgehead atoms. The molecule has 0 radical (unpaired) electrons. The lowest BCUT2D eigenvalue weighted by Gasteiger charge is -2.08. The third kappa shape index (κ3) is 2.71. The summed E-state index contributed by atoms with van der Waals surface area (Å²) >= 11 is 3.55. The van der Waals surface area contributed by atoms with E-state index in [-0.39, 0.29) is 12.5 Å². The van der Waals surface area contributed by atoms with E-state index in [1.807, 2.05) is 0 Å². The molecule has 86 valence electrons. The maximum Gasteiger partial charge on any atom is 0.0474 e. The van der Waals surface area contributed by atoms with Gasteiger partial charge in [-0.25, -0.2) is 0 Å². The zero-order valence-electron chi connectivity index (χ0n) is 8.93. The Morgan fingerprint density at radius 2 is 2.12 bits per heavy atom. The largest absolute Gasteiger partial charge is 0.396 e. The molecule has 2 heterocycles. The second-order valence-corrected chi connectivity index (χ2v) is 5.85. The van der Waals surface area contributed by atoms with Gasteiger partial charge in [-0.2, -0.15) is 0 Å². The van der Waals surface area contributed by atoms with Crippen LogP contribution < -0.4 is 5.73 Å². The first-order valence-electron chi connectivity index (χ1n) is 5.27. The molecule has 2 aromatic rings. The van der Waals surface area contributed by atoms with Crippen LogP contribution in [-0.4, -0.2) is 18.3 Å². The van der Waals surface area contributed by atoms with Crippen molar-refractivity contribution in [3.8, 4) is 9.75 Å². The second kappa shape index (κ2) is 5.59. The van der Waals surface area contributed by atoms with Crippen molar-refractivity contribution in [2.45, 2.75) is 6.42 Å². The molecule has 3 N–H and O–H groups in total. The van der Waals surface area contributed by atoms with E-state index in [1.54, 1.807) is 22.7 Å². The Balaban J connectivity index is 2.08. The van der Waals surface area contributed by atoms with E-state index in [9.17, 15) is 0 Å². The third-order valence-corrected chi connectivity index (χ3v) is 4.68. The number of aliphatic hydroxyl groups excluding tert-OH is 1. The smallest absolute Gasteiger partial charge is 0.0474 e. The van der Waals surface area contributed by atoms with Crippen LogP contribution in [0, 0.1) is 5.92 Å². The minimum atomic E-state index is 0.169. The van der Waals surface area contributed by atoms with Crippen molar-refractivity contribution in [2.75, 3.05) is 13.2 Å². The Morgan fingerprint density at radius 3 is 2.75 bits per heavy atom. The summed E-state index contributed by atoms with van der Waals surface area (Å²) in [6.45, 7) is 0.714. The van der Waals surface area contributed by atoms with Crippen molar-refractivity contribution >= 4 is 22.7 Å². The summed E-state index contributed by atoms with van der Waals surface area (Å²) in [5, 5.41) is 11.2. The van der Waals surface area contributed by atoms with Gasteiger partial charge in [-0.15, -0.1) is 22.7 Å². The summed E-state index contributed by atoms with van der Waals surface area (Å²) in [7, 11) is 0. The monoisotopic (exact) mass is 253 g/mol. The summed E-state index contributed by atoms with van der Waals surface area (Å²) in [4.78, 5) is 3.91. The van der Waals surface area contributed by atoms with Crippen molar-refractivity contribution in [1.82, 2.24) is 0 Å².